The van der Waals surface area contributed by atoms with E-state index >= 15 is 0 Å². The van der Waals surface area contributed by atoms with Gasteiger partial charge in [-0.3, -0.25) is 4.79 Å². The Morgan fingerprint density at radius 2 is 1.82 bits per heavy atom. The molecule has 3 aliphatic rings. The first-order valence-electron chi connectivity index (χ1n) is 14.1. The molecule has 1 aliphatic carbocycles. The molecule has 0 spiro atoms. The molecule has 2 aliphatic heterocycles. The molecule has 0 unspecified atom stereocenters. The highest BCUT2D eigenvalue weighted by Crippen LogP contribution is 2.47. The van der Waals surface area contributed by atoms with Crippen molar-refractivity contribution in [3.05, 3.63) is 82.9 Å². The molecule has 4 aromatic rings. The number of aromatic nitrogens is 1. The Balaban J connectivity index is 1.24. The van der Waals surface area contributed by atoms with Crippen LogP contribution in [0.3, 0.4) is 0 Å². The molecule has 0 saturated heterocycles. The molecule has 1 saturated carbocycles. The smallest absolute Gasteiger partial charge is 0.337 e. The predicted octanol–water partition coefficient (Wildman–Crippen LogP) is 6.55. The lowest BCUT2D eigenvalue weighted by atomic mass is 9.81. The summed E-state index contributed by atoms with van der Waals surface area (Å²) in [7, 11) is 1.36. The summed E-state index contributed by atoms with van der Waals surface area (Å²) in [6.45, 7) is 1.31. The van der Waals surface area contributed by atoms with Crippen LogP contribution >= 0.6 is 0 Å². The van der Waals surface area contributed by atoms with Crippen LogP contribution in [0.2, 0.25) is 0 Å². The van der Waals surface area contributed by atoms with E-state index in [1.165, 1.54) is 55.9 Å². The lowest BCUT2D eigenvalue weighted by Crippen LogP contribution is -2.30. The number of carbonyl (C=O) groups excluding carboxylic acids is 2. The SMILES string of the molecule is COC(=O)c1ccc2c(c1)CC(NC(=O)c1ccc3c(C4CCCCC4)c4n(c3c1)CCOc1ccccc1-4)=N2. The summed E-state index contributed by atoms with van der Waals surface area (Å²) in [6.07, 6.45) is 6.63. The molecule has 0 atom stereocenters. The van der Waals surface area contributed by atoms with Crippen LogP contribution in [0, 0.1) is 0 Å². The molecular weight excluding hydrogens is 502 g/mol. The van der Waals surface area contributed by atoms with Crippen LogP contribution in [0.15, 0.2) is 65.7 Å². The van der Waals surface area contributed by atoms with E-state index in [1.807, 2.05) is 18.2 Å². The molecule has 7 heteroatoms. The van der Waals surface area contributed by atoms with Crippen LogP contribution in [-0.4, -0.2) is 36.0 Å². The van der Waals surface area contributed by atoms with E-state index in [1.54, 1.807) is 18.2 Å². The number of carbonyl (C=O) groups is 2. The second kappa shape index (κ2) is 9.97. The third kappa shape index (κ3) is 4.17. The molecule has 202 valence electrons. The molecule has 3 heterocycles. The quantitative estimate of drug-likeness (QED) is 0.303. The summed E-state index contributed by atoms with van der Waals surface area (Å²) in [5.74, 6) is 1.41. The van der Waals surface area contributed by atoms with Crippen LogP contribution in [0.4, 0.5) is 5.69 Å². The van der Waals surface area contributed by atoms with Gasteiger partial charge >= 0.3 is 5.97 Å². The fraction of sp³-hybridized carbons (Fsp3) is 0.303. The molecule has 0 radical (unpaired) electrons. The summed E-state index contributed by atoms with van der Waals surface area (Å²) < 4.78 is 13.4. The van der Waals surface area contributed by atoms with Crippen molar-refractivity contribution >= 4 is 34.3 Å². The van der Waals surface area contributed by atoms with Gasteiger partial charge in [0.25, 0.3) is 5.91 Å². The minimum atomic E-state index is -0.388. The van der Waals surface area contributed by atoms with Crippen LogP contribution in [0.5, 0.6) is 5.75 Å². The van der Waals surface area contributed by atoms with Gasteiger partial charge in [0.15, 0.2) is 0 Å². The van der Waals surface area contributed by atoms with Crippen molar-refractivity contribution in [1.29, 1.82) is 0 Å². The number of nitrogens with zero attached hydrogens (tertiary/aromatic N) is 2. The number of fused-ring (bicyclic) bond motifs is 6. The zero-order valence-corrected chi connectivity index (χ0v) is 22.5. The number of rotatable bonds is 3. The largest absolute Gasteiger partial charge is 0.491 e. The third-order valence-electron chi connectivity index (χ3n) is 8.47. The maximum Gasteiger partial charge on any atom is 0.337 e. The van der Waals surface area contributed by atoms with E-state index in [2.05, 4.69) is 39.1 Å². The number of methoxy groups -OCH3 is 1. The minimum Gasteiger partial charge on any atom is -0.491 e. The average molecular weight is 534 g/mol. The zero-order chi connectivity index (χ0) is 27.2. The van der Waals surface area contributed by atoms with Gasteiger partial charge in [-0.05, 0) is 72.4 Å². The highest BCUT2D eigenvalue weighted by atomic mass is 16.5. The molecule has 0 bridgehead atoms. The van der Waals surface area contributed by atoms with Crippen molar-refractivity contribution in [2.75, 3.05) is 13.7 Å². The first kappa shape index (κ1) is 24.6. The molecule has 1 N–H and O–H groups in total. The first-order chi connectivity index (χ1) is 19.6. The summed E-state index contributed by atoms with van der Waals surface area (Å²) in [5.41, 5.74) is 7.56. The first-order valence-corrected chi connectivity index (χ1v) is 14.1. The Bertz CT molecular complexity index is 1690. The van der Waals surface area contributed by atoms with Crippen molar-refractivity contribution < 1.29 is 19.1 Å². The van der Waals surface area contributed by atoms with E-state index < -0.39 is 0 Å². The highest BCUT2D eigenvalue weighted by molar-refractivity contribution is 6.10. The number of ether oxygens (including phenoxy) is 2. The molecular formula is C33H31N3O4. The van der Waals surface area contributed by atoms with Gasteiger partial charge < -0.3 is 19.4 Å². The van der Waals surface area contributed by atoms with Gasteiger partial charge in [0.1, 0.15) is 18.2 Å². The van der Waals surface area contributed by atoms with Crippen LogP contribution in [0.25, 0.3) is 22.2 Å². The Morgan fingerprint density at radius 3 is 2.67 bits per heavy atom. The summed E-state index contributed by atoms with van der Waals surface area (Å²) in [5, 5.41) is 4.24. The Morgan fingerprint density at radius 1 is 1.00 bits per heavy atom. The highest BCUT2D eigenvalue weighted by Gasteiger charge is 2.29. The van der Waals surface area contributed by atoms with Crippen molar-refractivity contribution in [3.8, 4) is 17.0 Å². The number of hydrogen-bond donors (Lipinski definition) is 1. The number of amides is 1. The van der Waals surface area contributed by atoms with Crippen LogP contribution < -0.4 is 10.1 Å². The standard InChI is InChI=1S/C33H31N3O4/c1-39-33(38)22-12-14-26-23(17-22)19-29(34-26)35-32(37)21-11-13-24-27(18-21)36-15-16-40-28-10-6-5-9-25(28)31(36)30(24)20-7-3-2-4-8-20/h5-6,9-14,17-18,20H,2-4,7-8,15-16,19H2,1H3,(H,34,35,37). The van der Waals surface area contributed by atoms with Crippen molar-refractivity contribution in [3.63, 3.8) is 0 Å². The monoisotopic (exact) mass is 533 g/mol. The van der Waals surface area contributed by atoms with Crippen molar-refractivity contribution in [1.82, 2.24) is 9.88 Å². The molecule has 1 amide bonds. The number of benzene rings is 3. The lowest BCUT2D eigenvalue weighted by Gasteiger charge is -2.23. The van der Waals surface area contributed by atoms with Crippen molar-refractivity contribution in [2.45, 2.75) is 51.0 Å². The number of esters is 1. The van der Waals surface area contributed by atoms with Gasteiger partial charge in [0, 0.05) is 28.5 Å². The minimum absolute atomic E-state index is 0.193. The molecule has 7 nitrogen and oxygen atoms in total. The number of aliphatic imine (C=N–C) groups is 1. The Labute approximate surface area is 232 Å². The summed E-state index contributed by atoms with van der Waals surface area (Å²) >= 11 is 0. The molecule has 40 heavy (non-hydrogen) atoms. The second-order valence-electron chi connectivity index (χ2n) is 10.8. The van der Waals surface area contributed by atoms with E-state index in [4.69, 9.17) is 9.47 Å². The number of hydrogen-bond acceptors (Lipinski definition) is 5. The maximum atomic E-state index is 13.5. The maximum absolute atomic E-state index is 13.5. The molecule has 7 rings (SSSR count). The van der Waals surface area contributed by atoms with E-state index in [0.717, 1.165) is 34.6 Å². The van der Waals surface area contributed by atoms with Gasteiger partial charge in [0.2, 0.25) is 0 Å². The normalized spacial score (nSPS) is 16.3. The van der Waals surface area contributed by atoms with Crippen LogP contribution in [-0.2, 0) is 17.7 Å². The second-order valence-corrected chi connectivity index (χ2v) is 10.8. The average Bonchev–Trinajstić information content (AvgIpc) is 3.48. The summed E-state index contributed by atoms with van der Waals surface area (Å²) in [6, 6.07) is 19.7. The lowest BCUT2D eigenvalue weighted by molar-refractivity contribution is 0.0600. The Kier molecular flexibility index (Phi) is 6.14. The van der Waals surface area contributed by atoms with Gasteiger partial charge in [-0.1, -0.05) is 37.5 Å². The zero-order valence-electron chi connectivity index (χ0n) is 22.5. The van der Waals surface area contributed by atoms with Gasteiger partial charge in [0.05, 0.1) is 30.6 Å². The number of nitrogens with one attached hydrogen (secondary N) is 1. The van der Waals surface area contributed by atoms with Gasteiger partial charge in [-0.15, -0.1) is 0 Å². The fourth-order valence-corrected chi connectivity index (χ4v) is 6.60. The summed E-state index contributed by atoms with van der Waals surface area (Å²) in [4.78, 5) is 30.0. The van der Waals surface area contributed by atoms with Crippen LogP contribution in [0.1, 0.15) is 69.9 Å². The molecule has 1 aromatic heterocycles. The van der Waals surface area contributed by atoms with E-state index in [9.17, 15) is 9.59 Å². The van der Waals surface area contributed by atoms with Crippen molar-refractivity contribution in [2.24, 2.45) is 4.99 Å². The topological polar surface area (TPSA) is 81.9 Å². The van der Waals surface area contributed by atoms with Gasteiger partial charge in [-0.2, -0.15) is 0 Å². The third-order valence-corrected chi connectivity index (χ3v) is 8.47. The number of para-hydroxylation sites is 1. The fourth-order valence-electron chi connectivity index (χ4n) is 6.60. The molecule has 3 aromatic carbocycles. The number of amidine groups is 1. The van der Waals surface area contributed by atoms with E-state index in [0.29, 0.717) is 35.9 Å². The Hall–Kier alpha value is -4.39. The van der Waals surface area contributed by atoms with E-state index in [-0.39, 0.29) is 11.9 Å². The van der Waals surface area contributed by atoms with Gasteiger partial charge in [-0.25, -0.2) is 9.79 Å². The predicted molar refractivity (Wildman–Crippen MR) is 155 cm³/mol. The molecule has 1 fully saturated rings.